The van der Waals surface area contributed by atoms with Gasteiger partial charge in [0, 0.05) is 0 Å². The first-order valence-corrected chi connectivity index (χ1v) is 21.8. The van der Waals surface area contributed by atoms with Crippen LogP contribution in [0.1, 0.15) is 84.5 Å². The molecule has 4 atom stereocenters. The Morgan fingerprint density at radius 2 is 0.638 bits per heavy atom. The van der Waals surface area contributed by atoms with E-state index in [9.17, 15) is 0 Å². The van der Waals surface area contributed by atoms with Crippen LogP contribution in [0.25, 0.3) is 98.4 Å². The molecule has 4 aliphatic carbocycles. The lowest BCUT2D eigenvalue weighted by Crippen LogP contribution is -2.02. The Bertz CT molecular complexity index is 3140. The van der Waals surface area contributed by atoms with Crippen molar-refractivity contribution < 1.29 is 0 Å². The lowest BCUT2D eigenvalue weighted by molar-refractivity contribution is 0.719. The van der Waals surface area contributed by atoms with Gasteiger partial charge < -0.3 is 0 Å². The van der Waals surface area contributed by atoms with Gasteiger partial charge in [-0.2, -0.15) is 0 Å². The maximum Gasteiger partial charge on any atom is -0.00139 e. The van der Waals surface area contributed by atoms with Crippen LogP contribution in [0.5, 0.6) is 0 Å². The van der Waals surface area contributed by atoms with Crippen molar-refractivity contribution in [3.05, 3.63) is 180 Å². The standard InChI is InChI=1S/C58H42/c1-3-13-39-33(9-1)11-5-17-43(39)51-31-53(45-19-7-15-41-35-21-23-37(29-35)55(41)45)49-28-26-48-52(44-18-6-12-34-10-2-4-14-40(34)44)32-54(50-27-25-47(51)57(49)58(48)50)46-20-8-16-42-36-22-24-38(30-36)56(42)46/h1-20,25-28,31-32,35-38H,21-24,29-30H2. The third-order valence-electron chi connectivity index (χ3n) is 15.5. The van der Waals surface area contributed by atoms with E-state index in [0.29, 0.717) is 23.7 Å². The van der Waals surface area contributed by atoms with Crippen molar-refractivity contribution in [2.75, 3.05) is 0 Å². The van der Waals surface area contributed by atoms with Crippen LogP contribution in [0.4, 0.5) is 0 Å². The monoisotopic (exact) mass is 738 g/mol. The van der Waals surface area contributed by atoms with Crippen molar-refractivity contribution in [3.63, 3.8) is 0 Å². The molecule has 58 heavy (non-hydrogen) atoms. The largest absolute Gasteiger partial charge is 0.0616 e. The van der Waals surface area contributed by atoms with E-state index in [-0.39, 0.29) is 0 Å². The van der Waals surface area contributed by atoms with Gasteiger partial charge in [-0.15, -0.1) is 0 Å². The first-order chi connectivity index (χ1) is 28.8. The Hall–Kier alpha value is -6.24. The number of benzene rings is 10. The van der Waals surface area contributed by atoms with Crippen molar-refractivity contribution in [1.82, 2.24) is 0 Å². The summed E-state index contributed by atoms with van der Waals surface area (Å²) < 4.78 is 0. The summed E-state index contributed by atoms with van der Waals surface area (Å²) in [5.74, 6) is 2.75. The molecule has 4 unspecified atom stereocenters. The maximum atomic E-state index is 2.58. The summed E-state index contributed by atoms with van der Waals surface area (Å²) in [5.41, 5.74) is 17.5. The smallest absolute Gasteiger partial charge is 0.00139 e. The molecule has 2 saturated carbocycles. The second-order valence-electron chi connectivity index (χ2n) is 18.1. The zero-order valence-electron chi connectivity index (χ0n) is 32.6. The lowest BCUT2D eigenvalue weighted by atomic mass is 9.78. The summed E-state index contributed by atoms with van der Waals surface area (Å²) in [7, 11) is 0. The van der Waals surface area contributed by atoms with E-state index in [2.05, 4.69) is 158 Å². The summed E-state index contributed by atoms with van der Waals surface area (Å²) in [6.07, 6.45) is 7.94. The molecule has 4 aliphatic rings. The minimum absolute atomic E-state index is 0.663. The van der Waals surface area contributed by atoms with Gasteiger partial charge in [-0.25, -0.2) is 0 Å². The van der Waals surface area contributed by atoms with E-state index in [1.54, 1.807) is 22.3 Å². The predicted octanol–water partition coefficient (Wildman–Crippen LogP) is 16.3. The van der Waals surface area contributed by atoms with Gasteiger partial charge in [0.1, 0.15) is 0 Å². The zero-order valence-corrected chi connectivity index (χ0v) is 32.6. The second-order valence-corrected chi connectivity index (χ2v) is 18.1. The molecule has 0 spiro atoms. The number of hydrogen-bond acceptors (Lipinski definition) is 0. The van der Waals surface area contributed by atoms with Crippen LogP contribution in [0.3, 0.4) is 0 Å². The summed E-state index contributed by atoms with van der Waals surface area (Å²) in [4.78, 5) is 0. The van der Waals surface area contributed by atoms with Crippen molar-refractivity contribution in [1.29, 1.82) is 0 Å². The maximum absolute atomic E-state index is 2.58. The Balaban J connectivity index is 1.17. The third-order valence-corrected chi connectivity index (χ3v) is 15.5. The highest BCUT2D eigenvalue weighted by molar-refractivity contribution is 6.33. The SMILES string of the molecule is c1cc(-c2cc(-c3cccc4ccccc34)c3ccc4c(-c5cccc6c5C5CCC6C5)cc(-c5cccc6ccccc56)c5ccc2c3c45)c2c(c1)C1CCC2C1. The van der Waals surface area contributed by atoms with E-state index in [1.165, 1.54) is 137 Å². The van der Waals surface area contributed by atoms with E-state index in [1.807, 2.05) is 0 Å². The first-order valence-electron chi connectivity index (χ1n) is 21.8. The molecule has 0 N–H and O–H groups in total. The number of rotatable bonds is 4. The molecule has 0 amide bonds. The van der Waals surface area contributed by atoms with Crippen LogP contribution < -0.4 is 0 Å². The summed E-state index contributed by atoms with van der Waals surface area (Å²) >= 11 is 0. The molecule has 0 nitrogen and oxygen atoms in total. The average Bonchev–Trinajstić information content (AvgIpc) is 4.11. The van der Waals surface area contributed by atoms with Gasteiger partial charge in [0.15, 0.2) is 0 Å². The molecule has 0 saturated heterocycles. The van der Waals surface area contributed by atoms with Gasteiger partial charge in [0.25, 0.3) is 0 Å². The van der Waals surface area contributed by atoms with Crippen molar-refractivity contribution >= 4 is 53.9 Å². The van der Waals surface area contributed by atoms with Gasteiger partial charge in [-0.3, -0.25) is 0 Å². The summed E-state index contributed by atoms with van der Waals surface area (Å²) in [6.45, 7) is 0. The van der Waals surface area contributed by atoms with Gasteiger partial charge >= 0.3 is 0 Å². The fourth-order valence-corrected chi connectivity index (χ4v) is 13.1. The molecular formula is C58H42. The van der Waals surface area contributed by atoms with E-state index in [4.69, 9.17) is 0 Å². The second kappa shape index (κ2) is 11.7. The molecule has 10 aromatic rings. The Morgan fingerprint density at radius 1 is 0.276 bits per heavy atom. The Morgan fingerprint density at radius 3 is 1.10 bits per heavy atom. The number of fused-ring (bicyclic) bond motifs is 12. The molecule has 4 bridgehead atoms. The number of hydrogen-bond donors (Lipinski definition) is 0. The van der Waals surface area contributed by atoms with Crippen LogP contribution in [0.15, 0.2) is 158 Å². The highest BCUT2D eigenvalue weighted by Crippen LogP contribution is 2.59. The lowest BCUT2D eigenvalue weighted by Gasteiger charge is -2.25. The van der Waals surface area contributed by atoms with Crippen molar-refractivity contribution in [2.24, 2.45) is 0 Å². The van der Waals surface area contributed by atoms with Gasteiger partial charge in [-0.05, 0) is 195 Å². The average molecular weight is 739 g/mol. The molecule has 10 aromatic carbocycles. The van der Waals surface area contributed by atoms with Crippen molar-refractivity contribution in [3.8, 4) is 44.5 Å². The van der Waals surface area contributed by atoms with E-state index in [0.717, 1.165) is 0 Å². The van der Waals surface area contributed by atoms with E-state index < -0.39 is 0 Å². The molecule has 2 fully saturated rings. The molecule has 14 rings (SSSR count). The molecule has 274 valence electrons. The summed E-state index contributed by atoms with van der Waals surface area (Å²) in [6, 6.07) is 61.3. The highest BCUT2D eigenvalue weighted by Gasteiger charge is 2.40. The first kappa shape index (κ1) is 31.8. The fourth-order valence-electron chi connectivity index (χ4n) is 13.1. The highest BCUT2D eigenvalue weighted by atomic mass is 14.4. The van der Waals surface area contributed by atoms with Crippen molar-refractivity contribution in [2.45, 2.75) is 62.2 Å². The normalized spacial score (nSPS) is 20.3. The molecule has 0 heteroatoms. The third kappa shape index (κ3) is 4.20. The Labute approximate surface area is 339 Å². The van der Waals surface area contributed by atoms with Gasteiger partial charge in [-0.1, -0.05) is 146 Å². The van der Waals surface area contributed by atoms with Crippen LogP contribution >= 0.6 is 0 Å². The minimum Gasteiger partial charge on any atom is -0.0616 e. The zero-order chi connectivity index (χ0) is 37.6. The minimum atomic E-state index is 0.663. The van der Waals surface area contributed by atoms with Gasteiger partial charge in [0.05, 0.1) is 0 Å². The Kier molecular flexibility index (Phi) is 6.40. The molecule has 0 aliphatic heterocycles. The summed E-state index contributed by atoms with van der Waals surface area (Å²) in [5, 5.41) is 13.5. The quantitative estimate of drug-likeness (QED) is 0.158. The molecule has 0 radical (unpaired) electrons. The van der Waals surface area contributed by atoms with Crippen LogP contribution in [0, 0.1) is 0 Å². The van der Waals surface area contributed by atoms with Crippen LogP contribution in [0.2, 0.25) is 0 Å². The fraction of sp³-hybridized carbons (Fsp3) is 0.172. The van der Waals surface area contributed by atoms with Crippen LogP contribution in [-0.4, -0.2) is 0 Å². The van der Waals surface area contributed by atoms with Crippen LogP contribution in [-0.2, 0) is 0 Å². The topological polar surface area (TPSA) is 0 Å². The predicted molar refractivity (Wildman–Crippen MR) is 246 cm³/mol. The molecule has 0 aromatic heterocycles. The molecule has 0 heterocycles. The van der Waals surface area contributed by atoms with E-state index >= 15 is 0 Å². The molecular weight excluding hydrogens is 697 g/mol. The van der Waals surface area contributed by atoms with Gasteiger partial charge in [0.2, 0.25) is 0 Å².